The molecular weight excluding hydrogens is 346 g/mol. The van der Waals surface area contributed by atoms with Gasteiger partial charge in [-0.15, -0.1) is 0 Å². The summed E-state index contributed by atoms with van der Waals surface area (Å²) in [6.07, 6.45) is 0. The van der Waals surface area contributed by atoms with Gasteiger partial charge in [0.2, 0.25) is 0 Å². The van der Waals surface area contributed by atoms with Crippen molar-refractivity contribution in [2.45, 2.75) is 18.1 Å². The summed E-state index contributed by atoms with van der Waals surface area (Å²) >= 11 is 3.30. The number of hydrogen-bond donors (Lipinski definition) is 2. The van der Waals surface area contributed by atoms with Crippen LogP contribution in [0.3, 0.4) is 0 Å². The molecule has 3 N–H and O–H groups in total. The lowest BCUT2D eigenvalue weighted by Gasteiger charge is -2.09. The number of carbonyl (C=O) groups is 1. The van der Waals surface area contributed by atoms with Gasteiger partial charge in [0.05, 0.1) is 5.25 Å². The molecule has 1 aromatic carbocycles. The molecule has 5 nitrogen and oxygen atoms in total. The van der Waals surface area contributed by atoms with Gasteiger partial charge in [-0.25, -0.2) is 8.42 Å². The van der Waals surface area contributed by atoms with Gasteiger partial charge >= 0.3 is 5.97 Å². The first-order valence-electron chi connectivity index (χ1n) is 6.21. The van der Waals surface area contributed by atoms with Gasteiger partial charge in [-0.1, -0.05) is 35.0 Å². The number of sulfone groups is 1. The summed E-state index contributed by atoms with van der Waals surface area (Å²) in [5.41, 5.74) is 4.91. The number of hydrogen-bond acceptors (Lipinski definition) is 4. The molecule has 0 spiro atoms. The van der Waals surface area contributed by atoms with Crippen LogP contribution in [0.2, 0.25) is 0 Å². The van der Waals surface area contributed by atoms with Crippen molar-refractivity contribution in [1.82, 2.24) is 0 Å². The minimum Gasteiger partial charge on any atom is -0.481 e. The van der Waals surface area contributed by atoms with Gasteiger partial charge < -0.3 is 10.8 Å². The van der Waals surface area contributed by atoms with Crippen molar-refractivity contribution in [2.24, 2.45) is 11.1 Å². The van der Waals surface area contributed by atoms with Crippen molar-refractivity contribution in [3.05, 3.63) is 34.3 Å². The minimum absolute atomic E-state index is 0.0836. The summed E-state index contributed by atoms with van der Waals surface area (Å²) in [5.74, 6) is -1.81. The van der Waals surface area contributed by atoms with E-state index in [1.165, 1.54) is 6.92 Å². The summed E-state index contributed by atoms with van der Waals surface area (Å²) in [7, 11) is -3.47. The zero-order chi connectivity index (χ0) is 15.1. The molecule has 0 bridgehead atoms. The van der Waals surface area contributed by atoms with E-state index in [4.69, 9.17) is 5.73 Å². The quantitative estimate of drug-likeness (QED) is 0.825. The standard InChI is InChI=1S/C13H16BrNO4S/c1-2-20(18,19)11-10(13(11,7-15)12(16)17)8-3-5-9(14)6-4-8/h3-6,10-11H,2,7,15H2,1H3,(H,16,17). The van der Waals surface area contributed by atoms with E-state index in [9.17, 15) is 18.3 Å². The molecule has 1 aliphatic rings. The van der Waals surface area contributed by atoms with Crippen molar-refractivity contribution in [2.75, 3.05) is 12.3 Å². The highest BCUT2D eigenvalue weighted by Gasteiger charge is 2.74. The number of rotatable bonds is 5. The van der Waals surface area contributed by atoms with Crippen LogP contribution in [-0.2, 0) is 14.6 Å². The van der Waals surface area contributed by atoms with E-state index < -0.39 is 32.4 Å². The normalized spacial score (nSPS) is 29.1. The Bertz CT molecular complexity index is 628. The highest BCUT2D eigenvalue weighted by Crippen LogP contribution is 2.62. The minimum atomic E-state index is -3.47. The first-order valence-corrected chi connectivity index (χ1v) is 8.72. The molecule has 1 aliphatic carbocycles. The fraction of sp³-hybridized carbons (Fsp3) is 0.462. The Labute approximate surface area is 126 Å². The maximum atomic E-state index is 12.2. The van der Waals surface area contributed by atoms with Crippen LogP contribution >= 0.6 is 15.9 Å². The number of nitrogens with two attached hydrogens (primary N) is 1. The number of halogens is 1. The van der Waals surface area contributed by atoms with Crippen molar-refractivity contribution in [1.29, 1.82) is 0 Å². The van der Waals surface area contributed by atoms with Crippen LogP contribution < -0.4 is 5.73 Å². The number of aliphatic carboxylic acids is 1. The number of benzene rings is 1. The summed E-state index contributed by atoms with van der Waals surface area (Å²) in [5, 5.41) is 8.52. The van der Waals surface area contributed by atoms with Gasteiger partial charge in [0, 0.05) is 22.7 Å². The summed E-state index contributed by atoms with van der Waals surface area (Å²) < 4.78 is 25.2. The molecule has 0 aromatic heterocycles. The van der Waals surface area contributed by atoms with E-state index in [-0.39, 0.29) is 12.3 Å². The van der Waals surface area contributed by atoms with E-state index in [1.54, 1.807) is 24.3 Å². The molecule has 1 saturated carbocycles. The maximum absolute atomic E-state index is 12.2. The lowest BCUT2D eigenvalue weighted by atomic mass is 9.99. The van der Waals surface area contributed by atoms with Gasteiger partial charge in [-0.3, -0.25) is 4.79 Å². The Hall–Kier alpha value is -0.920. The van der Waals surface area contributed by atoms with Crippen molar-refractivity contribution >= 4 is 31.7 Å². The van der Waals surface area contributed by atoms with Gasteiger partial charge in [-0.2, -0.15) is 0 Å². The van der Waals surface area contributed by atoms with Gasteiger partial charge in [0.1, 0.15) is 5.41 Å². The SMILES string of the molecule is CCS(=O)(=O)C1C(c2ccc(Br)cc2)C1(CN)C(=O)O. The van der Waals surface area contributed by atoms with Gasteiger partial charge in [0.15, 0.2) is 9.84 Å². The van der Waals surface area contributed by atoms with Gasteiger partial charge in [-0.05, 0) is 17.7 Å². The predicted octanol–water partition coefficient (Wildman–Crippen LogP) is 1.38. The molecule has 3 atom stereocenters. The van der Waals surface area contributed by atoms with Gasteiger partial charge in [0.25, 0.3) is 0 Å². The molecule has 20 heavy (non-hydrogen) atoms. The van der Waals surface area contributed by atoms with Crippen molar-refractivity contribution in [3.8, 4) is 0 Å². The van der Waals surface area contributed by atoms with Crippen LogP contribution in [0, 0.1) is 5.41 Å². The third-order valence-electron chi connectivity index (χ3n) is 4.01. The highest BCUT2D eigenvalue weighted by atomic mass is 79.9. The molecule has 0 saturated heterocycles. The average molecular weight is 362 g/mol. The van der Waals surface area contributed by atoms with E-state index in [0.717, 1.165) is 4.47 Å². The lowest BCUT2D eigenvalue weighted by Crippen LogP contribution is -2.32. The second kappa shape index (κ2) is 5.13. The number of carboxylic acids is 1. The zero-order valence-electron chi connectivity index (χ0n) is 10.9. The van der Waals surface area contributed by atoms with E-state index >= 15 is 0 Å². The molecule has 0 aliphatic heterocycles. The smallest absolute Gasteiger partial charge is 0.312 e. The lowest BCUT2D eigenvalue weighted by molar-refractivity contribution is -0.143. The zero-order valence-corrected chi connectivity index (χ0v) is 13.3. The highest BCUT2D eigenvalue weighted by molar-refractivity contribution is 9.10. The van der Waals surface area contributed by atoms with E-state index in [2.05, 4.69) is 15.9 Å². The molecule has 3 unspecified atom stereocenters. The average Bonchev–Trinajstić information content (AvgIpc) is 3.11. The molecule has 2 rings (SSSR count). The van der Waals surface area contributed by atoms with Crippen LogP contribution in [0.4, 0.5) is 0 Å². The monoisotopic (exact) mass is 361 g/mol. The third kappa shape index (κ3) is 2.17. The van der Waals surface area contributed by atoms with Crippen molar-refractivity contribution in [3.63, 3.8) is 0 Å². The summed E-state index contributed by atoms with van der Waals surface area (Å²) in [6, 6.07) is 7.03. The first kappa shape index (κ1) is 15.5. The van der Waals surface area contributed by atoms with Crippen LogP contribution in [0.25, 0.3) is 0 Å². The summed E-state index contributed by atoms with van der Waals surface area (Å²) in [4.78, 5) is 11.6. The fourth-order valence-corrected chi connectivity index (χ4v) is 5.18. The first-order chi connectivity index (χ1) is 9.31. The number of carboxylic acid groups (broad SMARTS) is 1. The molecule has 1 fully saturated rings. The van der Waals surface area contributed by atoms with Crippen LogP contribution in [-0.4, -0.2) is 37.0 Å². The van der Waals surface area contributed by atoms with E-state index in [0.29, 0.717) is 5.56 Å². The molecule has 110 valence electrons. The molecule has 0 amide bonds. The topological polar surface area (TPSA) is 97.5 Å². The van der Waals surface area contributed by atoms with Crippen LogP contribution in [0.15, 0.2) is 28.7 Å². The molecule has 0 radical (unpaired) electrons. The second-order valence-electron chi connectivity index (χ2n) is 4.95. The predicted molar refractivity (Wildman–Crippen MR) is 79.3 cm³/mol. The van der Waals surface area contributed by atoms with Crippen LogP contribution in [0.5, 0.6) is 0 Å². The maximum Gasteiger partial charge on any atom is 0.312 e. The largest absolute Gasteiger partial charge is 0.481 e. The Balaban J connectivity index is 2.50. The third-order valence-corrected chi connectivity index (χ3v) is 6.81. The molecule has 0 heterocycles. The summed E-state index contributed by atoms with van der Waals surface area (Å²) in [6.45, 7) is 1.34. The second-order valence-corrected chi connectivity index (χ2v) is 8.28. The Kier molecular flexibility index (Phi) is 3.96. The van der Waals surface area contributed by atoms with Crippen LogP contribution in [0.1, 0.15) is 18.4 Å². The van der Waals surface area contributed by atoms with E-state index in [1.807, 2.05) is 0 Å². The molecule has 1 aromatic rings. The Morgan fingerprint density at radius 3 is 2.35 bits per heavy atom. The fourth-order valence-electron chi connectivity index (χ4n) is 2.84. The molecular formula is C13H16BrNO4S. The Morgan fingerprint density at radius 1 is 1.40 bits per heavy atom. The Morgan fingerprint density at radius 2 is 1.95 bits per heavy atom. The molecule has 7 heteroatoms. The van der Waals surface area contributed by atoms with Crippen molar-refractivity contribution < 1.29 is 18.3 Å².